The lowest BCUT2D eigenvalue weighted by Gasteiger charge is -2.11. The van der Waals surface area contributed by atoms with Crippen LogP contribution in [0.15, 0.2) is 340 Å². The van der Waals surface area contributed by atoms with Gasteiger partial charge in [0.15, 0.2) is 23.3 Å². The third-order valence-corrected chi connectivity index (χ3v) is 21.5. The summed E-state index contributed by atoms with van der Waals surface area (Å²) in [7, 11) is 0. The van der Waals surface area contributed by atoms with Gasteiger partial charge in [0.25, 0.3) is 0 Å². The van der Waals surface area contributed by atoms with Crippen molar-refractivity contribution in [3.05, 3.63) is 345 Å². The Kier molecular flexibility index (Phi) is 13.4. The molecule has 0 aliphatic rings. The van der Waals surface area contributed by atoms with Crippen LogP contribution in [0.4, 0.5) is 0 Å². The fourth-order valence-electron chi connectivity index (χ4n) is 16.5. The van der Waals surface area contributed by atoms with Gasteiger partial charge < -0.3 is 23.3 Å². The third kappa shape index (κ3) is 9.56. The number of nitrogens with zero attached hydrogens (tertiary/aromatic N) is 11. The number of para-hydroxylation sites is 4. The number of hydrogen-bond acceptors (Lipinski definition) is 6. The van der Waals surface area contributed by atoms with E-state index in [9.17, 15) is 0 Å². The predicted octanol–water partition coefficient (Wildman–Crippen LogP) is 23.5. The summed E-state index contributed by atoms with van der Waals surface area (Å²) in [6.45, 7) is 0. The highest BCUT2D eigenvalue weighted by molar-refractivity contribution is 6.31. The zero-order chi connectivity index (χ0) is 70.4. The van der Waals surface area contributed by atoms with Gasteiger partial charge >= 0.3 is 0 Å². The minimum atomic E-state index is 0.123. The molecular formula is C94H57ClN12. The van der Waals surface area contributed by atoms with Gasteiger partial charge in [-0.15, -0.1) is 0 Å². The molecule has 500 valence electrons. The summed E-state index contributed by atoms with van der Waals surface area (Å²) in [4.78, 5) is 34.0. The van der Waals surface area contributed by atoms with E-state index >= 15 is 0 Å². The minimum Gasteiger partial charge on any atom is -0.354 e. The molecule has 13 heteroatoms. The number of nitrogens with one attached hydrogen (secondary N) is 1. The first-order valence-electron chi connectivity index (χ1n) is 35.8. The number of halogens is 1. The van der Waals surface area contributed by atoms with Gasteiger partial charge in [0.1, 0.15) is 0 Å². The van der Waals surface area contributed by atoms with Crippen LogP contribution in [-0.2, 0) is 0 Å². The molecule has 0 fully saturated rings. The van der Waals surface area contributed by atoms with Crippen LogP contribution in [0.5, 0.6) is 0 Å². The van der Waals surface area contributed by atoms with Crippen LogP contribution in [0.2, 0.25) is 5.28 Å². The predicted molar refractivity (Wildman–Crippen MR) is 437 cm³/mol. The lowest BCUT2D eigenvalue weighted by Crippen LogP contribution is -2.06. The maximum Gasteiger partial charge on any atom is 0.238 e. The first-order chi connectivity index (χ1) is 53.0. The number of benzene rings is 14. The Morgan fingerprint density at radius 1 is 0.243 bits per heavy atom. The zero-order valence-corrected chi connectivity index (χ0v) is 57.9. The molecular weight excluding hydrogens is 1330 g/mol. The fraction of sp³-hybridized carbons (Fsp3) is 0. The molecule has 22 aromatic rings. The highest BCUT2D eigenvalue weighted by atomic mass is 35.5. The molecule has 0 saturated heterocycles. The fourth-order valence-corrected chi connectivity index (χ4v) is 16.7. The smallest absolute Gasteiger partial charge is 0.238 e. The van der Waals surface area contributed by atoms with Gasteiger partial charge in [0, 0.05) is 117 Å². The van der Waals surface area contributed by atoms with Crippen molar-refractivity contribution in [2.75, 3.05) is 0 Å². The molecule has 0 saturated carbocycles. The molecule has 8 heterocycles. The number of rotatable bonds is 11. The molecule has 12 nitrogen and oxygen atoms in total. The average molecular weight is 1390 g/mol. The van der Waals surface area contributed by atoms with E-state index in [0.717, 1.165) is 149 Å². The summed E-state index contributed by atoms with van der Waals surface area (Å²) in [5.41, 5.74) is 23.1. The first kappa shape index (κ1) is 60.3. The SMILES string of the molecule is Clc1nc(-c2ccc(-c3cccc(-n4ccc5c4ccc4c6c(ccc7c8ccccc8n(-c8nc(-c9ccccc9)nc(-c9ccccc9)n8)c76)n(-c6ccccc6)c45)c3)cc2)nc(-c2ccc(-c3ccc4[nH]c5c(ccc6c5c5ccc7c(ccn7-c7ccccc7)c5n6-c5ccccc5)c4c3)cc2)n1. The van der Waals surface area contributed by atoms with Crippen LogP contribution < -0.4 is 0 Å². The Balaban J connectivity index is 0.583. The van der Waals surface area contributed by atoms with Crippen molar-refractivity contribution < 1.29 is 0 Å². The normalized spacial score (nSPS) is 12.0. The summed E-state index contributed by atoms with van der Waals surface area (Å²) in [6, 6.07) is 116. The van der Waals surface area contributed by atoms with Gasteiger partial charge in [0.2, 0.25) is 11.2 Å². The van der Waals surface area contributed by atoms with E-state index in [2.05, 4.69) is 341 Å². The molecule has 107 heavy (non-hydrogen) atoms. The molecule has 1 N–H and O–H groups in total. The number of aromatic nitrogens is 12. The molecule has 0 atom stereocenters. The quantitative estimate of drug-likeness (QED) is 0.138. The highest BCUT2D eigenvalue weighted by Crippen LogP contribution is 2.47. The van der Waals surface area contributed by atoms with E-state index in [1.54, 1.807) is 0 Å². The summed E-state index contributed by atoms with van der Waals surface area (Å²) < 4.78 is 11.7. The van der Waals surface area contributed by atoms with E-state index in [1.807, 2.05) is 36.4 Å². The second-order valence-corrected chi connectivity index (χ2v) is 27.6. The number of H-pyrrole nitrogens is 1. The van der Waals surface area contributed by atoms with Crippen molar-refractivity contribution in [2.24, 2.45) is 0 Å². The lowest BCUT2D eigenvalue weighted by molar-refractivity contribution is 0.955. The van der Waals surface area contributed by atoms with Gasteiger partial charge in [-0.05, 0) is 149 Å². The van der Waals surface area contributed by atoms with E-state index in [4.69, 9.17) is 31.5 Å². The monoisotopic (exact) mass is 1390 g/mol. The van der Waals surface area contributed by atoms with Gasteiger partial charge in [0.05, 0.1) is 49.7 Å². The van der Waals surface area contributed by atoms with Crippen molar-refractivity contribution in [1.82, 2.24) is 57.7 Å². The Labute approximate surface area is 616 Å². The maximum absolute atomic E-state index is 6.78. The molecule has 14 aromatic carbocycles. The van der Waals surface area contributed by atoms with Crippen LogP contribution in [-0.4, -0.2) is 57.7 Å². The van der Waals surface area contributed by atoms with Crippen LogP contribution in [0.25, 0.3) is 206 Å². The Bertz CT molecular complexity index is 7280. The third-order valence-electron chi connectivity index (χ3n) is 21.4. The number of aromatic amines is 1. The van der Waals surface area contributed by atoms with Crippen LogP contribution in [0, 0.1) is 0 Å². The van der Waals surface area contributed by atoms with Crippen molar-refractivity contribution in [3.8, 4) is 96.5 Å². The topological polar surface area (TPSA) is 118 Å². The Morgan fingerprint density at radius 2 is 0.673 bits per heavy atom. The van der Waals surface area contributed by atoms with E-state index in [-0.39, 0.29) is 5.28 Å². The average Bonchev–Trinajstić information content (AvgIpc) is 1.54. The second-order valence-electron chi connectivity index (χ2n) is 27.3. The molecule has 0 bridgehead atoms. The Hall–Kier alpha value is -14.3. The Morgan fingerprint density at radius 3 is 1.26 bits per heavy atom. The molecule has 0 amide bonds. The molecule has 0 unspecified atom stereocenters. The van der Waals surface area contributed by atoms with Crippen molar-refractivity contribution in [1.29, 1.82) is 0 Å². The summed E-state index contributed by atoms with van der Waals surface area (Å²) in [5.74, 6) is 2.73. The van der Waals surface area contributed by atoms with Crippen molar-refractivity contribution in [2.45, 2.75) is 0 Å². The highest BCUT2D eigenvalue weighted by Gasteiger charge is 2.27. The van der Waals surface area contributed by atoms with Gasteiger partial charge in [-0.3, -0.25) is 4.57 Å². The standard InChI is InChI=1S/C94H57ClN12/c95-93-99-89(97-90(100-93)62-39-35-58(36-40-62)64-41-46-77-76(56-64)70-42-49-81-83(85(70)96-77)74-44-47-78-72(51-53-103(78)65-24-10-3-11-25-65)86(74)105(81)66-26-12-4-13-27-66)61-37-33-57(34-38-61)63-23-18-30-68(55-63)104-54-52-73-79(104)48-45-75-84-82(106(87(73)75)67-28-14-5-15-29-67)50-43-71-69-31-16-17-32-80(69)107(88(71)84)94-101-91(59-19-6-1-7-20-59)98-92(102-94)60-21-8-2-9-22-60/h1-56,96H. The van der Waals surface area contributed by atoms with E-state index < -0.39 is 0 Å². The van der Waals surface area contributed by atoms with E-state index in [1.165, 1.54) is 27.1 Å². The van der Waals surface area contributed by atoms with Crippen molar-refractivity contribution in [3.63, 3.8) is 0 Å². The van der Waals surface area contributed by atoms with Crippen LogP contribution in [0.1, 0.15) is 0 Å². The molecule has 8 aromatic heterocycles. The van der Waals surface area contributed by atoms with Gasteiger partial charge in [-0.2, -0.15) is 19.9 Å². The molecule has 0 aliphatic heterocycles. The second kappa shape index (κ2) is 23.9. The first-order valence-corrected chi connectivity index (χ1v) is 36.1. The number of fused-ring (bicyclic) bond motifs is 18. The molecule has 0 spiro atoms. The van der Waals surface area contributed by atoms with Crippen molar-refractivity contribution >= 4 is 121 Å². The lowest BCUT2D eigenvalue weighted by atomic mass is 10.0. The van der Waals surface area contributed by atoms with Crippen LogP contribution in [0.3, 0.4) is 0 Å². The summed E-state index contributed by atoms with van der Waals surface area (Å²) in [5, 5.41) is 11.6. The van der Waals surface area contributed by atoms with Gasteiger partial charge in [-0.25, -0.2) is 9.97 Å². The number of hydrogen-bond donors (Lipinski definition) is 1. The molecule has 0 radical (unpaired) electrons. The largest absolute Gasteiger partial charge is 0.354 e. The maximum atomic E-state index is 6.78. The zero-order valence-electron chi connectivity index (χ0n) is 57.1. The van der Waals surface area contributed by atoms with E-state index in [0.29, 0.717) is 29.2 Å². The summed E-state index contributed by atoms with van der Waals surface area (Å²) >= 11 is 6.78. The molecule has 0 aliphatic carbocycles. The molecule has 22 rings (SSSR count). The van der Waals surface area contributed by atoms with Crippen LogP contribution >= 0.6 is 11.6 Å². The minimum absolute atomic E-state index is 0.123. The van der Waals surface area contributed by atoms with Gasteiger partial charge in [-0.1, -0.05) is 212 Å². The summed E-state index contributed by atoms with van der Waals surface area (Å²) in [6.07, 6.45) is 4.38.